The summed E-state index contributed by atoms with van der Waals surface area (Å²) in [6, 6.07) is 9.63. The second-order valence-corrected chi connectivity index (χ2v) is 6.83. The van der Waals surface area contributed by atoms with Gasteiger partial charge in [-0.3, -0.25) is 9.69 Å². The van der Waals surface area contributed by atoms with Crippen LogP contribution in [0.25, 0.3) is 10.8 Å². The lowest BCUT2D eigenvalue weighted by atomic mass is 10.2. The monoisotopic (exact) mass is 363 g/mol. The average Bonchev–Trinajstić information content (AvgIpc) is 2.87. The van der Waals surface area contributed by atoms with Crippen LogP contribution in [-0.4, -0.2) is 21.7 Å². The number of aromatic nitrogens is 2. The minimum Gasteiger partial charge on any atom is -0.282 e. The van der Waals surface area contributed by atoms with Crippen molar-refractivity contribution in [3.63, 3.8) is 0 Å². The molecular formula is C15H14BrN3OS. The highest BCUT2D eigenvalue weighted by atomic mass is 79.9. The molecule has 0 unspecified atom stereocenters. The molecule has 2 heterocycles. The molecule has 0 bridgehead atoms. The van der Waals surface area contributed by atoms with Gasteiger partial charge in [0.25, 0.3) is 5.56 Å². The molecule has 0 aliphatic rings. The largest absolute Gasteiger partial charge is 0.282 e. The van der Waals surface area contributed by atoms with Crippen molar-refractivity contribution in [1.29, 1.82) is 0 Å². The van der Waals surface area contributed by atoms with Crippen molar-refractivity contribution in [3.8, 4) is 0 Å². The van der Waals surface area contributed by atoms with Crippen LogP contribution in [0.2, 0.25) is 0 Å². The average molecular weight is 364 g/mol. The third-order valence-corrected chi connectivity index (χ3v) is 4.87. The highest BCUT2D eigenvalue weighted by molar-refractivity contribution is 9.10. The minimum atomic E-state index is -0.0488. The molecular weight excluding hydrogens is 350 g/mol. The van der Waals surface area contributed by atoms with Crippen molar-refractivity contribution in [1.82, 2.24) is 14.7 Å². The number of hydrogen-bond donors (Lipinski definition) is 0. The van der Waals surface area contributed by atoms with Crippen LogP contribution in [0.3, 0.4) is 0 Å². The summed E-state index contributed by atoms with van der Waals surface area (Å²) >= 11 is 5.15. The van der Waals surface area contributed by atoms with Gasteiger partial charge in [-0.2, -0.15) is 5.10 Å². The maximum absolute atomic E-state index is 12.4. The molecule has 0 saturated heterocycles. The SMILES string of the molecule is CN(Cc1cc(Br)cs1)Cn1ncc2ccccc2c1=O. The quantitative estimate of drug-likeness (QED) is 0.713. The Balaban J connectivity index is 1.81. The highest BCUT2D eigenvalue weighted by Crippen LogP contribution is 2.20. The van der Waals surface area contributed by atoms with E-state index in [1.54, 1.807) is 17.5 Å². The van der Waals surface area contributed by atoms with Gasteiger partial charge in [0.1, 0.15) is 0 Å². The van der Waals surface area contributed by atoms with E-state index in [4.69, 9.17) is 0 Å². The van der Waals surface area contributed by atoms with Crippen LogP contribution in [0, 0.1) is 0 Å². The molecule has 0 amide bonds. The maximum Gasteiger partial charge on any atom is 0.275 e. The van der Waals surface area contributed by atoms with Crippen LogP contribution in [-0.2, 0) is 13.2 Å². The zero-order valence-corrected chi connectivity index (χ0v) is 13.9. The fraction of sp³-hybridized carbons (Fsp3) is 0.200. The molecule has 4 nitrogen and oxygen atoms in total. The van der Waals surface area contributed by atoms with E-state index in [1.165, 1.54) is 9.56 Å². The summed E-state index contributed by atoms with van der Waals surface area (Å²) < 4.78 is 2.60. The fourth-order valence-electron chi connectivity index (χ4n) is 2.21. The summed E-state index contributed by atoms with van der Waals surface area (Å²) in [5.41, 5.74) is -0.0488. The summed E-state index contributed by atoms with van der Waals surface area (Å²) in [5.74, 6) is 0. The van der Waals surface area contributed by atoms with Gasteiger partial charge >= 0.3 is 0 Å². The molecule has 0 atom stereocenters. The van der Waals surface area contributed by atoms with Crippen LogP contribution in [0.4, 0.5) is 0 Å². The van der Waals surface area contributed by atoms with Crippen molar-refractivity contribution in [2.45, 2.75) is 13.2 Å². The lowest BCUT2D eigenvalue weighted by Crippen LogP contribution is -2.31. The third-order valence-electron chi connectivity index (χ3n) is 3.18. The topological polar surface area (TPSA) is 38.1 Å². The molecule has 6 heteroatoms. The summed E-state index contributed by atoms with van der Waals surface area (Å²) in [6.45, 7) is 1.26. The van der Waals surface area contributed by atoms with Crippen LogP contribution in [0.5, 0.6) is 0 Å². The van der Waals surface area contributed by atoms with E-state index in [9.17, 15) is 4.79 Å². The lowest BCUT2D eigenvalue weighted by molar-refractivity contribution is 0.243. The first kappa shape index (κ1) is 14.4. The van der Waals surface area contributed by atoms with Gasteiger partial charge in [-0.25, -0.2) is 4.68 Å². The van der Waals surface area contributed by atoms with Crippen LogP contribution in [0.15, 0.2) is 51.2 Å². The number of thiophene rings is 1. The number of fused-ring (bicyclic) bond motifs is 1. The summed E-state index contributed by atoms with van der Waals surface area (Å²) in [6.07, 6.45) is 1.74. The summed E-state index contributed by atoms with van der Waals surface area (Å²) in [7, 11) is 1.98. The number of rotatable bonds is 4. The van der Waals surface area contributed by atoms with E-state index < -0.39 is 0 Å². The van der Waals surface area contributed by atoms with Gasteiger partial charge in [0.05, 0.1) is 18.3 Å². The van der Waals surface area contributed by atoms with E-state index in [-0.39, 0.29) is 5.56 Å². The molecule has 108 valence electrons. The second-order valence-electron chi connectivity index (χ2n) is 4.92. The molecule has 0 fully saturated rings. The van der Waals surface area contributed by atoms with Crippen molar-refractivity contribution >= 4 is 38.0 Å². The Morgan fingerprint density at radius 1 is 1.38 bits per heavy atom. The molecule has 3 aromatic rings. The van der Waals surface area contributed by atoms with Gasteiger partial charge < -0.3 is 0 Å². The number of hydrogen-bond acceptors (Lipinski definition) is 4. The normalized spacial score (nSPS) is 11.4. The van der Waals surface area contributed by atoms with E-state index in [0.29, 0.717) is 12.1 Å². The van der Waals surface area contributed by atoms with Gasteiger partial charge in [-0.15, -0.1) is 11.3 Å². The Bertz CT molecular complexity index is 827. The fourth-order valence-corrected chi connectivity index (χ4v) is 3.74. The molecule has 0 aliphatic heterocycles. The molecule has 0 radical (unpaired) electrons. The van der Waals surface area contributed by atoms with Crippen molar-refractivity contribution in [3.05, 3.63) is 61.6 Å². The van der Waals surface area contributed by atoms with Gasteiger partial charge in [-0.1, -0.05) is 18.2 Å². The Morgan fingerprint density at radius 3 is 2.95 bits per heavy atom. The Labute approximate surface area is 134 Å². The Morgan fingerprint density at radius 2 is 2.19 bits per heavy atom. The smallest absolute Gasteiger partial charge is 0.275 e. The van der Waals surface area contributed by atoms with Gasteiger partial charge in [0.15, 0.2) is 0 Å². The van der Waals surface area contributed by atoms with Crippen LogP contribution in [0.1, 0.15) is 4.88 Å². The van der Waals surface area contributed by atoms with E-state index in [0.717, 1.165) is 16.4 Å². The predicted octanol–water partition coefficient (Wildman–Crippen LogP) is 3.31. The Hall–Kier alpha value is -1.50. The van der Waals surface area contributed by atoms with Crippen LogP contribution < -0.4 is 5.56 Å². The van der Waals surface area contributed by atoms with Gasteiger partial charge in [-0.05, 0) is 35.1 Å². The first-order valence-corrected chi connectivity index (χ1v) is 8.17. The summed E-state index contributed by atoms with van der Waals surface area (Å²) in [5, 5.41) is 7.90. The lowest BCUT2D eigenvalue weighted by Gasteiger charge is -2.16. The zero-order chi connectivity index (χ0) is 14.8. The number of nitrogens with zero attached hydrogens (tertiary/aromatic N) is 3. The standard InChI is InChI=1S/C15H14BrN3OS/c1-18(8-13-6-12(16)9-21-13)10-19-15(20)14-5-3-2-4-11(14)7-17-19/h2-7,9H,8,10H2,1H3. The molecule has 0 N–H and O–H groups in total. The van der Waals surface area contributed by atoms with E-state index >= 15 is 0 Å². The molecule has 0 aliphatic carbocycles. The minimum absolute atomic E-state index is 0.0488. The van der Waals surface area contributed by atoms with Crippen molar-refractivity contribution in [2.75, 3.05) is 7.05 Å². The molecule has 0 spiro atoms. The predicted molar refractivity (Wildman–Crippen MR) is 89.5 cm³/mol. The van der Waals surface area contributed by atoms with Gasteiger partial charge in [0.2, 0.25) is 0 Å². The molecule has 21 heavy (non-hydrogen) atoms. The molecule has 0 saturated carbocycles. The third kappa shape index (κ3) is 3.23. The molecule has 2 aromatic heterocycles. The number of benzene rings is 1. The zero-order valence-electron chi connectivity index (χ0n) is 11.5. The first-order valence-electron chi connectivity index (χ1n) is 6.50. The second kappa shape index (κ2) is 6.09. The first-order chi connectivity index (χ1) is 10.1. The van der Waals surface area contributed by atoms with Crippen molar-refractivity contribution < 1.29 is 0 Å². The molecule has 1 aromatic carbocycles. The maximum atomic E-state index is 12.4. The molecule has 3 rings (SSSR count). The van der Waals surface area contributed by atoms with Gasteiger partial charge in [0, 0.05) is 26.7 Å². The number of halogens is 1. The van der Waals surface area contributed by atoms with Crippen molar-refractivity contribution in [2.24, 2.45) is 0 Å². The van der Waals surface area contributed by atoms with E-state index in [1.807, 2.05) is 31.3 Å². The van der Waals surface area contributed by atoms with Crippen LogP contribution >= 0.6 is 27.3 Å². The highest BCUT2D eigenvalue weighted by Gasteiger charge is 2.07. The van der Waals surface area contributed by atoms with E-state index in [2.05, 4.69) is 37.4 Å². The Kier molecular flexibility index (Phi) is 4.19. The summed E-state index contributed by atoms with van der Waals surface area (Å²) in [4.78, 5) is 15.7.